The Labute approximate surface area is 63.8 Å². The molecule has 0 unspecified atom stereocenters. The second-order valence-corrected chi connectivity index (χ2v) is 8.77. The van der Waals surface area contributed by atoms with Crippen LogP contribution >= 0.6 is 0 Å². The summed E-state index contributed by atoms with van der Waals surface area (Å²) in [7, 11) is -1.17. The van der Waals surface area contributed by atoms with Crippen LogP contribution in [-0.4, -0.2) is 20.3 Å². The molecule has 1 atom stereocenters. The first kappa shape index (κ1) is 7.84. The molecule has 10 heavy (non-hydrogen) atoms. The Morgan fingerprint density at radius 2 is 1.90 bits per heavy atom. The van der Waals surface area contributed by atoms with E-state index in [0.29, 0.717) is 0 Å². The molecule has 0 aromatic rings. The minimum atomic E-state index is -1.17. The Morgan fingerprint density at radius 1 is 1.40 bits per heavy atom. The molecular weight excluding hydrogens is 140 g/mol. The summed E-state index contributed by atoms with van der Waals surface area (Å²) < 4.78 is 5.14. The summed E-state index contributed by atoms with van der Waals surface area (Å²) in [5.74, 6) is 3.16. The molecule has 1 aliphatic heterocycles. The van der Waals surface area contributed by atoms with Gasteiger partial charge >= 0.3 is 0 Å². The predicted octanol–water partition coefficient (Wildman–Crippen LogP) is 1.66. The second kappa shape index (κ2) is 2.11. The lowest BCUT2D eigenvalue weighted by Gasteiger charge is -2.03. The van der Waals surface area contributed by atoms with Gasteiger partial charge in [-0.05, 0) is 6.92 Å². The molecule has 0 aromatic carbocycles. The second-order valence-electron chi connectivity index (χ2n) is 4.02. The van der Waals surface area contributed by atoms with Gasteiger partial charge in [0.05, 0.1) is 6.61 Å². The van der Waals surface area contributed by atoms with E-state index in [9.17, 15) is 0 Å². The molecule has 1 aliphatic rings. The van der Waals surface area contributed by atoms with Crippen LogP contribution in [0.2, 0.25) is 19.6 Å². The van der Waals surface area contributed by atoms with Crippen molar-refractivity contribution in [1.29, 1.82) is 0 Å². The van der Waals surface area contributed by atoms with Crippen LogP contribution in [0.15, 0.2) is 0 Å². The summed E-state index contributed by atoms with van der Waals surface area (Å²) in [6.45, 7) is 9.59. The average Bonchev–Trinajstić information content (AvgIpc) is 2.43. The molecule has 0 aromatic heterocycles. The molecule has 0 bridgehead atoms. The quantitative estimate of drug-likeness (QED) is 0.294. The third-order valence-corrected chi connectivity index (χ3v) is 2.15. The zero-order valence-corrected chi connectivity index (χ0v) is 8.12. The van der Waals surface area contributed by atoms with E-state index >= 15 is 0 Å². The zero-order chi connectivity index (χ0) is 7.83. The van der Waals surface area contributed by atoms with Crippen molar-refractivity contribution in [3.63, 3.8) is 0 Å². The molecule has 56 valence electrons. The Hall–Kier alpha value is -0.263. The topological polar surface area (TPSA) is 12.5 Å². The predicted molar refractivity (Wildman–Crippen MR) is 45.5 cm³/mol. The number of rotatable bonds is 0. The first-order valence-electron chi connectivity index (χ1n) is 3.60. The van der Waals surface area contributed by atoms with Crippen molar-refractivity contribution in [2.75, 3.05) is 6.61 Å². The van der Waals surface area contributed by atoms with Crippen molar-refractivity contribution in [3.05, 3.63) is 0 Å². The highest BCUT2D eigenvalue weighted by Crippen LogP contribution is 2.24. The normalized spacial score (nSPS) is 30.8. The lowest BCUT2D eigenvalue weighted by Crippen LogP contribution is -2.17. The highest BCUT2D eigenvalue weighted by molar-refractivity contribution is 6.83. The Morgan fingerprint density at radius 3 is 2.20 bits per heavy atom. The van der Waals surface area contributed by atoms with E-state index in [1.54, 1.807) is 0 Å². The van der Waals surface area contributed by atoms with E-state index < -0.39 is 8.07 Å². The molecule has 0 N–H and O–H groups in total. The molecule has 0 saturated carbocycles. The van der Waals surface area contributed by atoms with Crippen molar-refractivity contribution in [2.24, 2.45) is 0 Å². The van der Waals surface area contributed by atoms with E-state index in [4.69, 9.17) is 4.74 Å². The van der Waals surface area contributed by atoms with Crippen molar-refractivity contribution in [1.82, 2.24) is 0 Å². The van der Waals surface area contributed by atoms with Gasteiger partial charge in [0.15, 0.2) is 0 Å². The molecule has 2 heteroatoms. The van der Waals surface area contributed by atoms with Crippen molar-refractivity contribution in [3.8, 4) is 11.5 Å². The van der Waals surface area contributed by atoms with Crippen LogP contribution in [0.25, 0.3) is 0 Å². The van der Waals surface area contributed by atoms with Gasteiger partial charge in [-0.3, -0.25) is 0 Å². The summed E-state index contributed by atoms with van der Waals surface area (Å²) in [6, 6.07) is 0. The van der Waals surface area contributed by atoms with E-state index in [2.05, 4.69) is 31.1 Å². The fourth-order valence-electron chi connectivity index (χ4n) is 0.500. The maximum absolute atomic E-state index is 5.14. The minimum absolute atomic E-state index is 0.0692. The van der Waals surface area contributed by atoms with Gasteiger partial charge in [-0.15, -0.1) is 5.54 Å². The van der Waals surface area contributed by atoms with Gasteiger partial charge < -0.3 is 4.74 Å². The molecule has 0 amide bonds. The number of hydrogen-bond acceptors (Lipinski definition) is 1. The highest BCUT2D eigenvalue weighted by atomic mass is 28.3. The van der Waals surface area contributed by atoms with Gasteiger partial charge in [0.2, 0.25) is 0 Å². The van der Waals surface area contributed by atoms with Gasteiger partial charge in [0.25, 0.3) is 0 Å². The summed E-state index contributed by atoms with van der Waals surface area (Å²) in [6.07, 6.45) is 0. The van der Waals surface area contributed by atoms with Crippen LogP contribution in [0.3, 0.4) is 0 Å². The van der Waals surface area contributed by atoms with Gasteiger partial charge in [0.1, 0.15) is 13.7 Å². The molecule has 0 radical (unpaired) electrons. The van der Waals surface area contributed by atoms with Crippen molar-refractivity contribution >= 4 is 8.07 Å². The SMILES string of the molecule is C[C@]1(C#C[Si](C)(C)C)CO1. The highest BCUT2D eigenvalue weighted by Gasteiger charge is 2.37. The van der Waals surface area contributed by atoms with E-state index in [1.807, 2.05) is 6.92 Å². The molecule has 1 rings (SSSR count). The van der Waals surface area contributed by atoms with Crippen molar-refractivity contribution < 1.29 is 4.74 Å². The van der Waals surface area contributed by atoms with Crippen LogP contribution in [0, 0.1) is 11.5 Å². The lowest BCUT2D eigenvalue weighted by molar-refractivity contribution is 0.378. The summed E-state index contributed by atoms with van der Waals surface area (Å²) in [4.78, 5) is 0. The Balaban J connectivity index is 2.54. The fraction of sp³-hybridized carbons (Fsp3) is 0.750. The van der Waals surface area contributed by atoms with Crippen LogP contribution in [-0.2, 0) is 4.74 Å². The van der Waals surface area contributed by atoms with Crippen LogP contribution in [0.5, 0.6) is 0 Å². The molecule has 1 heterocycles. The van der Waals surface area contributed by atoms with E-state index in [0.717, 1.165) is 6.61 Å². The van der Waals surface area contributed by atoms with Crippen molar-refractivity contribution in [2.45, 2.75) is 32.2 Å². The van der Waals surface area contributed by atoms with E-state index in [1.165, 1.54) is 0 Å². The molecule has 1 fully saturated rings. The number of ether oxygens (including phenoxy) is 1. The van der Waals surface area contributed by atoms with Crippen LogP contribution in [0.1, 0.15) is 6.92 Å². The average molecular weight is 154 g/mol. The third-order valence-electron chi connectivity index (χ3n) is 1.28. The zero-order valence-electron chi connectivity index (χ0n) is 7.12. The molecule has 1 saturated heterocycles. The molecule has 0 spiro atoms. The first-order chi connectivity index (χ1) is 4.41. The Kier molecular flexibility index (Phi) is 1.66. The molecular formula is C8H14OSi. The smallest absolute Gasteiger partial charge is 0.148 e. The number of hydrogen-bond donors (Lipinski definition) is 0. The minimum Gasteiger partial charge on any atom is -0.356 e. The van der Waals surface area contributed by atoms with Gasteiger partial charge in [0, 0.05) is 0 Å². The monoisotopic (exact) mass is 154 g/mol. The largest absolute Gasteiger partial charge is 0.356 e. The standard InChI is InChI=1S/C8H14OSi/c1-8(7-9-8)5-6-10(2,3)4/h7H2,1-4H3/t8-/m0/s1. The molecule has 1 nitrogen and oxygen atoms in total. The van der Waals surface area contributed by atoms with Gasteiger partial charge in [-0.1, -0.05) is 25.6 Å². The van der Waals surface area contributed by atoms with Crippen LogP contribution in [0.4, 0.5) is 0 Å². The van der Waals surface area contributed by atoms with E-state index in [-0.39, 0.29) is 5.60 Å². The third kappa shape index (κ3) is 2.55. The van der Waals surface area contributed by atoms with Gasteiger partial charge in [-0.25, -0.2) is 0 Å². The lowest BCUT2D eigenvalue weighted by atomic mass is 10.2. The maximum Gasteiger partial charge on any atom is 0.148 e. The first-order valence-corrected chi connectivity index (χ1v) is 7.10. The fourth-order valence-corrected chi connectivity index (χ4v) is 1.14. The van der Waals surface area contributed by atoms with Crippen LogP contribution < -0.4 is 0 Å². The Bertz CT molecular complexity index is 178. The summed E-state index contributed by atoms with van der Waals surface area (Å²) >= 11 is 0. The van der Waals surface area contributed by atoms with Gasteiger partial charge in [-0.2, -0.15) is 0 Å². The summed E-state index contributed by atoms with van der Waals surface area (Å²) in [5.41, 5.74) is 3.22. The summed E-state index contributed by atoms with van der Waals surface area (Å²) in [5, 5.41) is 0. The molecule has 0 aliphatic carbocycles. The number of epoxide rings is 1. The maximum atomic E-state index is 5.14.